The summed E-state index contributed by atoms with van der Waals surface area (Å²) in [6.07, 6.45) is 3.88. The van der Waals surface area contributed by atoms with Gasteiger partial charge in [-0.05, 0) is 30.9 Å². The van der Waals surface area contributed by atoms with Crippen LogP contribution in [0.4, 0.5) is 0 Å². The fraction of sp³-hybridized carbons (Fsp3) is 0.444. The molecule has 0 saturated heterocycles. The number of H-pyrrole nitrogens is 1. The van der Waals surface area contributed by atoms with E-state index in [4.69, 9.17) is 0 Å². The topological polar surface area (TPSA) is 62.0 Å². The predicted octanol–water partition coefficient (Wildman–Crippen LogP) is 3.22. The summed E-state index contributed by atoms with van der Waals surface area (Å²) in [5.74, 6) is 0.120. The summed E-state index contributed by atoms with van der Waals surface area (Å²) in [7, 11) is 0. The summed E-state index contributed by atoms with van der Waals surface area (Å²) in [6.45, 7) is 5.56. The molecule has 4 heteroatoms. The van der Waals surface area contributed by atoms with Crippen LogP contribution in [0, 0.1) is 5.92 Å². The molecule has 0 fully saturated rings. The monoisotopic (exact) mass is 300 g/mol. The SMILES string of the molecule is CC[C@H](C)[C@H](NC(=O)CCc1c[nH]c2ccccc12)C(C)=O. The number of fused-ring (bicyclic) bond motifs is 1. The third kappa shape index (κ3) is 3.75. The fourth-order valence-corrected chi connectivity index (χ4v) is 2.71. The Labute approximate surface area is 131 Å². The molecule has 0 aliphatic rings. The number of carbonyl (C=O) groups excluding carboxylic acids is 2. The lowest BCUT2D eigenvalue weighted by Crippen LogP contribution is -2.44. The molecule has 0 bridgehead atoms. The quantitative estimate of drug-likeness (QED) is 0.824. The van der Waals surface area contributed by atoms with Crippen molar-refractivity contribution in [2.75, 3.05) is 0 Å². The van der Waals surface area contributed by atoms with Crippen LogP contribution in [-0.2, 0) is 16.0 Å². The second-order valence-corrected chi connectivity index (χ2v) is 5.90. The molecule has 118 valence electrons. The summed E-state index contributed by atoms with van der Waals surface area (Å²) < 4.78 is 0. The number of ketones is 1. The number of carbonyl (C=O) groups is 2. The van der Waals surface area contributed by atoms with E-state index in [1.54, 1.807) is 0 Å². The number of Topliss-reactive ketones (excluding diaryl/α,β-unsaturated/α-hetero) is 1. The highest BCUT2D eigenvalue weighted by Crippen LogP contribution is 2.19. The average Bonchev–Trinajstić information content (AvgIpc) is 2.93. The first-order valence-electron chi connectivity index (χ1n) is 7.87. The van der Waals surface area contributed by atoms with Gasteiger partial charge in [-0.2, -0.15) is 0 Å². The minimum atomic E-state index is -0.375. The molecule has 2 rings (SSSR count). The molecule has 0 unspecified atom stereocenters. The third-order valence-corrected chi connectivity index (χ3v) is 4.26. The van der Waals surface area contributed by atoms with Crippen molar-refractivity contribution in [2.45, 2.75) is 46.1 Å². The van der Waals surface area contributed by atoms with Crippen LogP contribution in [-0.4, -0.2) is 22.7 Å². The van der Waals surface area contributed by atoms with Gasteiger partial charge in [0.15, 0.2) is 5.78 Å². The Morgan fingerprint density at radius 3 is 2.68 bits per heavy atom. The van der Waals surface area contributed by atoms with Gasteiger partial charge in [0.1, 0.15) is 0 Å². The first kappa shape index (κ1) is 16.3. The smallest absolute Gasteiger partial charge is 0.220 e. The molecule has 1 aromatic heterocycles. The van der Waals surface area contributed by atoms with Crippen LogP contribution in [0.15, 0.2) is 30.5 Å². The molecule has 0 aliphatic heterocycles. The van der Waals surface area contributed by atoms with E-state index in [0.717, 1.165) is 22.9 Å². The van der Waals surface area contributed by atoms with Gasteiger partial charge < -0.3 is 10.3 Å². The van der Waals surface area contributed by atoms with E-state index in [2.05, 4.69) is 16.4 Å². The number of rotatable bonds is 7. The summed E-state index contributed by atoms with van der Waals surface area (Å²) in [5.41, 5.74) is 2.22. The number of hydrogen-bond donors (Lipinski definition) is 2. The van der Waals surface area contributed by atoms with Gasteiger partial charge in [-0.15, -0.1) is 0 Å². The number of aryl methyl sites for hydroxylation is 1. The van der Waals surface area contributed by atoms with E-state index in [1.807, 2.05) is 38.2 Å². The second kappa shape index (κ2) is 7.25. The Hall–Kier alpha value is -2.10. The molecule has 4 nitrogen and oxygen atoms in total. The van der Waals surface area contributed by atoms with Gasteiger partial charge in [-0.1, -0.05) is 38.5 Å². The van der Waals surface area contributed by atoms with Crippen LogP contribution < -0.4 is 5.32 Å². The number of amides is 1. The Morgan fingerprint density at radius 2 is 2.00 bits per heavy atom. The highest BCUT2D eigenvalue weighted by Gasteiger charge is 2.22. The Balaban J connectivity index is 1.96. The Morgan fingerprint density at radius 1 is 1.27 bits per heavy atom. The molecular weight excluding hydrogens is 276 g/mol. The van der Waals surface area contributed by atoms with Crippen molar-refractivity contribution in [1.82, 2.24) is 10.3 Å². The highest BCUT2D eigenvalue weighted by molar-refractivity contribution is 5.88. The van der Waals surface area contributed by atoms with Crippen LogP contribution in [0.5, 0.6) is 0 Å². The van der Waals surface area contributed by atoms with Crippen LogP contribution in [0.25, 0.3) is 10.9 Å². The van der Waals surface area contributed by atoms with Gasteiger partial charge >= 0.3 is 0 Å². The standard InChI is InChI=1S/C18H24N2O2/c1-4-12(2)18(13(3)21)20-17(22)10-9-14-11-19-16-8-6-5-7-15(14)16/h5-8,11-12,18-19H,4,9-10H2,1-3H3,(H,20,22)/t12-,18-/m0/s1. The normalized spacial score (nSPS) is 13.8. The third-order valence-electron chi connectivity index (χ3n) is 4.26. The van der Waals surface area contributed by atoms with Crippen LogP contribution in [0.3, 0.4) is 0 Å². The van der Waals surface area contributed by atoms with Crippen molar-refractivity contribution in [1.29, 1.82) is 0 Å². The van der Waals surface area contributed by atoms with Crippen LogP contribution >= 0.6 is 0 Å². The van der Waals surface area contributed by atoms with E-state index in [-0.39, 0.29) is 23.7 Å². The zero-order chi connectivity index (χ0) is 16.1. The van der Waals surface area contributed by atoms with Gasteiger partial charge in [0.25, 0.3) is 0 Å². The molecular formula is C18H24N2O2. The van der Waals surface area contributed by atoms with Crippen molar-refractivity contribution in [2.24, 2.45) is 5.92 Å². The molecule has 1 amide bonds. The molecule has 2 N–H and O–H groups in total. The van der Waals surface area contributed by atoms with E-state index < -0.39 is 0 Å². The number of benzene rings is 1. The zero-order valence-corrected chi connectivity index (χ0v) is 13.5. The summed E-state index contributed by atoms with van der Waals surface area (Å²) >= 11 is 0. The minimum Gasteiger partial charge on any atom is -0.361 e. The molecule has 2 aromatic rings. The average molecular weight is 300 g/mol. The molecule has 0 radical (unpaired) electrons. The highest BCUT2D eigenvalue weighted by atomic mass is 16.2. The van der Waals surface area contributed by atoms with Crippen LogP contribution in [0.2, 0.25) is 0 Å². The minimum absolute atomic E-state index is 0.0230. The lowest BCUT2D eigenvalue weighted by molar-refractivity contribution is -0.127. The maximum atomic E-state index is 12.1. The predicted molar refractivity (Wildman–Crippen MR) is 88.7 cm³/mol. The van der Waals surface area contributed by atoms with Gasteiger partial charge in [0.2, 0.25) is 5.91 Å². The van der Waals surface area contributed by atoms with Gasteiger partial charge in [0.05, 0.1) is 6.04 Å². The summed E-state index contributed by atoms with van der Waals surface area (Å²) in [4.78, 5) is 27.0. The molecule has 22 heavy (non-hydrogen) atoms. The summed E-state index contributed by atoms with van der Waals surface area (Å²) in [5, 5.41) is 4.03. The molecule has 0 spiro atoms. The van der Waals surface area contributed by atoms with E-state index >= 15 is 0 Å². The zero-order valence-electron chi connectivity index (χ0n) is 13.5. The number of hydrogen-bond acceptors (Lipinski definition) is 2. The summed E-state index contributed by atoms with van der Waals surface area (Å²) in [6, 6.07) is 7.68. The lowest BCUT2D eigenvalue weighted by Gasteiger charge is -2.21. The first-order valence-corrected chi connectivity index (χ1v) is 7.87. The van der Waals surface area contributed by atoms with Gasteiger partial charge in [0, 0.05) is 23.5 Å². The van der Waals surface area contributed by atoms with E-state index in [0.29, 0.717) is 12.8 Å². The molecule has 1 aromatic carbocycles. The largest absolute Gasteiger partial charge is 0.361 e. The molecule has 0 saturated carbocycles. The van der Waals surface area contributed by atoms with E-state index in [9.17, 15) is 9.59 Å². The van der Waals surface area contributed by atoms with Crippen molar-refractivity contribution in [3.63, 3.8) is 0 Å². The lowest BCUT2D eigenvalue weighted by atomic mass is 9.96. The Bertz CT molecular complexity index is 660. The van der Waals surface area contributed by atoms with Gasteiger partial charge in [-0.3, -0.25) is 9.59 Å². The molecule has 2 atom stereocenters. The number of para-hydroxylation sites is 1. The van der Waals surface area contributed by atoms with Gasteiger partial charge in [-0.25, -0.2) is 0 Å². The Kier molecular flexibility index (Phi) is 5.36. The number of aromatic nitrogens is 1. The molecule has 0 aliphatic carbocycles. The van der Waals surface area contributed by atoms with Crippen LogP contribution in [0.1, 0.15) is 39.2 Å². The number of aromatic amines is 1. The fourth-order valence-electron chi connectivity index (χ4n) is 2.71. The van der Waals surface area contributed by atoms with Crippen molar-refractivity contribution >= 4 is 22.6 Å². The van der Waals surface area contributed by atoms with E-state index in [1.165, 1.54) is 6.92 Å². The van der Waals surface area contributed by atoms with Crippen molar-refractivity contribution < 1.29 is 9.59 Å². The second-order valence-electron chi connectivity index (χ2n) is 5.90. The number of nitrogens with one attached hydrogen (secondary N) is 2. The maximum absolute atomic E-state index is 12.1. The first-order chi connectivity index (χ1) is 10.5. The van der Waals surface area contributed by atoms with Crippen molar-refractivity contribution in [3.8, 4) is 0 Å². The molecule has 1 heterocycles. The maximum Gasteiger partial charge on any atom is 0.220 e. The van der Waals surface area contributed by atoms with Crippen molar-refractivity contribution in [3.05, 3.63) is 36.0 Å².